The number of rotatable bonds is 49. The Balaban J connectivity index is 0.000000159. The molecule has 7 aromatic carbocycles. The van der Waals surface area contributed by atoms with Crippen molar-refractivity contribution in [2.75, 3.05) is 108 Å². The van der Waals surface area contributed by atoms with Crippen molar-refractivity contribution in [1.82, 2.24) is 78.1 Å². The van der Waals surface area contributed by atoms with Gasteiger partial charge >= 0.3 is 30.4 Å². The number of nitrogen functional groups attached to an aromatic ring is 4. The van der Waals surface area contributed by atoms with Crippen LogP contribution >= 0.6 is 30.4 Å². The van der Waals surface area contributed by atoms with E-state index in [9.17, 15) is 56.6 Å². The van der Waals surface area contributed by atoms with Crippen LogP contribution in [0.15, 0.2) is 233 Å². The number of nitrogens with zero attached hydrogens (tertiary/aromatic N) is 12. The molecule has 45 nitrogen and oxygen atoms in total. The van der Waals surface area contributed by atoms with Crippen molar-refractivity contribution >= 4 is 122 Å². The summed E-state index contributed by atoms with van der Waals surface area (Å²) in [6.07, 6.45) is 6.00. The summed E-state index contributed by atoms with van der Waals surface area (Å²) in [5, 5.41) is 0. The first-order chi connectivity index (χ1) is 68.4. The van der Waals surface area contributed by atoms with Crippen molar-refractivity contribution in [2.24, 2.45) is 5.92 Å². The molecule has 746 valence electrons. The lowest BCUT2D eigenvalue weighted by atomic mass is 10.1. The third-order valence-electron chi connectivity index (χ3n) is 21.0. The van der Waals surface area contributed by atoms with Crippen LogP contribution in [0, 0.1) is 26.7 Å². The third kappa shape index (κ3) is 31.0. The number of imidazole rings is 4. The number of aromatic amines is 4. The fourth-order valence-electron chi connectivity index (χ4n) is 13.2. The van der Waals surface area contributed by atoms with Crippen LogP contribution in [0.2, 0.25) is 0 Å². The molecular formula is C93H104N20O25P4. The minimum atomic E-state index is -3.85. The Morgan fingerprint density at radius 3 is 0.880 bits per heavy atom. The fourth-order valence-corrected chi connectivity index (χ4v) is 18.2. The third-order valence-corrected chi connectivity index (χ3v) is 27.2. The van der Waals surface area contributed by atoms with Gasteiger partial charge in [-0.05, 0) is 67.5 Å². The molecule has 12 N–H and O–H groups in total. The van der Waals surface area contributed by atoms with Crippen LogP contribution in [0.4, 0.5) is 23.8 Å². The highest BCUT2D eigenvalue weighted by molar-refractivity contribution is 7.54. The van der Waals surface area contributed by atoms with Gasteiger partial charge in [-0.3, -0.25) is 94.6 Å². The van der Waals surface area contributed by atoms with E-state index < -0.39 is 78.8 Å². The van der Waals surface area contributed by atoms with E-state index >= 15 is 0 Å². The van der Waals surface area contributed by atoms with E-state index in [-0.39, 0.29) is 180 Å². The van der Waals surface area contributed by atoms with Crippen LogP contribution in [-0.2, 0) is 131 Å². The van der Waals surface area contributed by atoms with Crippen LogP contribution in [0.3, 0.4) is 0 Å². The van der Waals surface area contributed by atoms with E-state index in [1.165, 1.54) is 32.4 Å². The molecule has 0 spiro atoms. The zero-order valence-corrected chi connectivity index (χ0v) is 81.1. The van der Waals surface area contributed by atoms with Crippen molar-refractivity contribution in [1.29, 1.82) is 0 Å². The predicted octanol–water partition coefficient (Wildman–Crippen LogP) is 12.0. The summed E-state index contributed by atoms with van der Waals surface area (Å²) >= 11 is 0. The highest BCUT2D eigenvalue weighted by Gasteiger charge is 2.35. The second-order valence-corrected chi connectivity index (χ2v) is 39.9. The molecule has 1 fully saturated rings. The molecule has 15 aromatic rings. The maximum Gasteiger partial charge on any atom is 0.356 e. The molecule has 49 heteroatoms. The monoisotopic (exact) mass is 2020 g/mol. The normalized spacial score (nSPS) is 13.6. The predicted molar refractivity (Wildman–Crippen MR) is 523 cm³/mol. The molecule has 0 amide bonds. The Morgan fingerprint density at radius 1 is 0.352 bits per heavy atom. The summed E-state index contributed by atoms with van der Waals surface area (Å²) in [5.41, 5.74) is 29.9. The number of anilines is 4. The Kier molecular flexibility index (Phi) is 37.4. The minimum absolute atomic E-state index is 0.00361. The number of ketones is 4. The first kappa shape index (κ1) is 105. The van der Waals surface area contributed by atoms with E-state index in [0.29, 0.717) is 45.0 Å². The number of carbonyl (C=O) groups excluding carboxylic acids is 4. The lowest BCUT2D eigenvalue weighted by molar-refractivity contribution is -0.122. The second-order valence-electron chi connectivity index (χ2n) is 31.9. The summed E-state index contributed by atoms with van der Waals surface area (Å²) in [6, 6.07) is 55.8. The van der Waals surface area contributed by atoms with Gasteiger partial charge in [0.15, 0.2) is 67.8 Å². The van der Waals surface area contributed by atoms with Gasteiger partial charge in [-0.2, -0.15) is 19.9 Å². The smallest absolute Gasteiger partial charge is 0.356 e. The van der Waals surface area contributed by atoms with Gasteiger partial charge in [-0.15, -0.1) is 0 Å². The Hall–Kier alpha value is -13.9. The summed E-state index contributed by atoms with van der Waals surface area (Å²) in [5.74, 6) is -0.649. The average Bonchev–Trinajstić information content (AvgIpc) is 1.67. The Morgan fingerprint density at radius 2 is 0.613 bits per heavy atom. The number of Topliss-reactive ketones (excluding diaryl/α,β-unsaturated/α-hetero) is 4. The average molecular weight is 2030 g/mol. The number of aromatic nitrogens is 16. The van der Waals surface area contributed by atoms with Crippen LogP contribution in [-0.4, -0.2) is 187 Å². The number of H-pyrrole nitrogens is 4. The van der Waals surface area contributed by atoms with E-state index in [2.05, 4.69) is 59.8 Å². The highest BCUT2D eigenvalue weighted by atomic mass is 31.2. The summed E-state index contributed by atoms with van der Waals surface area (Å²) in [7, 11) is -13.6. The Bertz CT molecular complexity index is 7070. The zero-order valence-electron chi connectivity index (χ0n) is 77.5. The van der Waals surface area contributed by atoms with Gasteiger partial charge in [0, 0.05) is 48.8 Å². The topological polar surface area (TPSA) is 615 Å². The number of methoxy groups -OCH3 is 1. The first-order valence-electron chi connectivity index (χ1n) is 44.1. The second kappa shape index (κ2) is 50.4. The van der Waals surface area contributed by atoms with E-state index in [1.54, 1.807) is 60.7 Å². The molecule has 0 saturated heterocycles. The zero-order chi connectivity index (χ0) is 101. The number of nitrogens with two attached hydrogens (primary N) is 4. The lowest BCUT2D eigenvalue weighted by Gasteiger charge is -2.19. The SMILES string of the molecule is COc1cc(C(=O)COP(=O)(COCCn2cnc3c(=O)[nH]c(N)nc32)OCc2ccccc2)ccc1C.Cc1ccc(C(=O)COP(=O)(COCCn2cnc3c(=O)[nH]c(N)nc32)OCc2ccccc2)cc1.Cc1ccc(C(=O)COP(=O)(COCCn2cnc3c(=O)[nH]c(N)nc32)OCc2ccccc2)cc1.Nc1nc2c(ncn2CCOCP(=O)(OCC(=O)C2CC2)OCc2ccccc2)c(=O)[nH]1. The number of ether oxygens (including phenoxy) is 5. The molecule has 16 rings (SSSR count). The molecule has 142 heavy (non-hydrogen) atoms. The van der Waals surface area contributed by atoms with Gasteiger partial charge in [0.05, 0.1) is 85.3 Å². The number of carbonyl (C=O) groups is 4. The fraction of sp³-hybridized carbons (Fsp3) is 0.290. The summed E-state index contributed by atoms with van der Waals surface area (Å²) in [4.78, 5) is 140. The van der Waals surface area contributed by atoms with Crippen molar-refractivity contribution in [3.8, 4) is 5.75 Å². The van der Waals surface area contributed by atoms with Crippen molar-refractivity contribution in [2.45, 2.75) is 86.2 Å². The Labute approximate surface area is 809 Å². The van der Waals surface area contributed by atoms with Crippen molar-refractivity contribution in [3.63, 3.8) is 0 Å². The number of hydrogen-bond donors (Lipinski definition) is 8. The van der Waals surface area contributed by atoms with Crippen LogP contribution < -0.4 is 49.9 Å². The lowest BCUT2D eigenvalue weighted by Crippen LogP contribution is -2.14. The number of hydrogen-bond acceptors (Lipinski definition) is 37. The van der Waals surface area contributed by atoms with Gasteiger partial charge in [-0.25, -0.2) is 19.9 Å². The molecular weight excluding hydrogens is 1920 g/mol. The van der Waals surface area contributed by atoms with Crippen molar-refractivity contribution in [3.05, 3.63) is 310 Å². The summed E-state index contributed by atoms with van der Waals surface area (Å²) < 4.78 is 132. The number of benzene rings is 7. The minimum Gasteiger partial charge on any atom is -0.496 e. The molecule has 1 aliphatic rings. The van der Waals surface area contributed by atoms with E-state index in [1.807, 2.05) is 166 Å². The molecule has 4 unspecified atom stereocenters. The van der Waals surface area contributed by atoms with Gasteiger partial charge in [0.25, 0.3) is 22.2 Å². The number of nitrogens with one attached hydrogen (secondary N) is 4. The highest BCUT2D eigenvalue weighted by Crippen LogP contribution is 2.52. The van der Waals surface area contributed by atoms with Gasteiger partial charge in [0.1, 0.15) is 57.6 Å². The standard InChI is InChI=1S/C25H28N5O7P.2C24H26N5O6P.C20H24N5O6P/c1-17-8-9-19(12-21(17)34-2)20(31)14-37-38(33,36-13-18-6-4-3-5-7-18)16-35-11-10-30-15-27-22-23(30)28-25(26)29-24(22)32;2*1-17-7-9-19(10-8-17)20(30)14-35-36(32,34-13-18-5-3-2-4-6-18)16-33-12-11-29-15-26-21-22(29)27-24(25)28-23(21)31;21-20-23-18-17(19(27)24-20)22-12-25(18)8-9-29-13-32(28,31-11-16(26)15-6-7-15)30-10-14-4-2-1-3-5-14/h3-9,12,15H,10-11,13-14,16H2,1-2H3,(H3,26,28,29,32);2*2-10,15H,11-14,16H2,1H3,(H3,25,27,28,31);1-5,12,15H,6-11,13H2,(H3,21,23,24,27). The maximum atomic E-state index is 13.5. The molecule has 1 aliphatic carbocycles. The van der Waals surface area contributed by atoms with Gasteiger partial charge < -0.3 is 83.0 Å². The summed E-state index contributed by atoms with van der Waals surface area (Å²) in [6.45, 7) is 5.67. The molecule has 8 heterocycles. The molecule has 4 atom stereocenters. The van der Waals surface area contributed by atoms with E-state index in [4.69, 9.17) is 82.8 Å². The van der Waals surface area contributed by atoms with Gasteiger partial charge in [-0.1, -0.05) is 193 Å². The van der Waals surface area contributed by atoms with Crippen LogP contribution in [0.25, 0.3) is 44.7 Å². The van der Waals surface area contributed by atoms with Crippen molar-refractivity contribution < 1.29 is 97.3 Å². The quantitative estimate of drug-likeness (QED) is 0.00997. The van der Waals surface area contributed by atoms with Gasteiger partial charge in [0.2, 0.25) is 23.8 Å². The first-order valence-corrected chi connectivity index (χ1v) is 51.0. The molecule has 0 aliphatic heterocycles. The van der Waals surface area contributed by atoms with E-state index in [0.717, 1.165) is 51.8 Å². The molecule has 0 bridgehead atoms. The number of aryl methyl sites for hydroxylation is 3. The number of fused-ring (bicyclic) bond motifs is 4. The maximum absolute atomic E-state index is 13.5. The van der Waals surface area contributed by atoms with Crippen LogP contribution in [0.5, 0.6) is 5.75 Å². The molecule has 0 radical (unpaired) electrons. The largest absolute Gasteiger partial charge is 0.496 e. The molecule has 1 saturated carbocycles. The molecule has 8 aromatic heterocycles. The van der Waals surface area contributed by atoms with Crippen LogP contribution in [0.1, 0.15) is 82.9 Å².